The lowest BCUT2D eigenvalue weighted by atomic mass is 10.0. The van der Waals surface area contributed by atoms with Gasteiger partial charge in [0.05, 0.1) is 13.2 Å². The number of unbranched alkanes of at least 4 members (excludes halogenated alkanes) is 35. The van der Waals surface area contributed by atoms with Crippen LogP contribution in [0.25, 0.3) is 0 Å². The molecule has 0 spiro atoms. The van der Waals surface area contributed by atoms with E-state index in [0.717, 1.165) is 89.9 Å². The van der Waals surface area contributed by atoms with E-state index in [-0.39, 0.29) is 38.6 Å². The fourth-order valence-electron chi connectivity index (χ4n) is 9.94. The van der Waals surface area contributed by atoms with Crippen molar-refractivity contribution in [2.75, 3.05) is 26.4 Å². The largest absolute Gasteiger partial charge is 0.472 e. The van der Waals surface area contributed by atoms with Crippen LogP contribution in [0.5, 0.6) is 0 Å². The van der Waals surface area contributed by atoms with E-state index in [1.54, 1.807) is 0 Å². The molecular formula is C75H132NO8P. The summed E-state index contributed by atoms with van der Waals surface area (Å²) in [6.45, 7) is 3.65. The zero-order valence-electron chi connectivity index (χ0n) is 55.1. The molecule has 9 nitrogen and oxygen atoms in total. The minimum atomic E-state index is -4.40. The monoisotopic (exact) mass is 1210 g/mol. The van der Waals surface area contributed by atoms with Gasteiger partial charge in [-0.25, -0.2) is 4.57 Å². The van der Waals surface area contributed by atoms with E-state index in [0.29, 0.717) is 6.42 Å². The van der Waals surface area contributed by atoms with Gasteiger partial charge in [0.1, 0.15) is 6.61 Å². The van der Waals surface area contributed by atoms with Crippen molar-refractivity contribution in [1.82, 2.24) is 0 Å². The predicted molar refractivity (Wildman–Crippen MR) is 367 cm³/mol. The smallest absolute Gasteiger partial charge is 0.462 e. The molecule has 0 aromatic rings. The summed E-state index contributed by atoms with van der Waals surface area (Å²) in [7, 11) is -4.40. The summed E-state index contributed by atoms with van der Waals surface area (Å²) in [5.74, 6) is -0.821. The van der Waals surface area contributed by atoms with Crippen LogP contribution in [-0.4, -0.2) is 49.3 Å². The first kappa shape index (κ1) is 81.7. The van der Waals surface area contributed by atoms with Crippen molar-refractivity contribution in [3.63, 3.8) is 0 Å². The van der Waals surface area contributed by atoms with Crippen LogP contribution in [0.1, 0.15) is 322 Å². The standard InChI is InChI=1S/C75H132NO8P/c1-3-5-7-9-11-13-15-17-19-21-23-25-27-29-31-32-33-34-35-36-37-38-39-40-42-44-46-48-50-52-54-56-58-60-62-64-66-68-75(78)84-73(72-83-85(79,80)82-70-69-76)71-81-74(77)67-65-63-61-59-57-55-53-51-49-47-45-43-41-30-28-26-24-22-20-18-16-14-12-10-8-6-4-2/h5,7,11,13,16-19,22-25,28-31,33-34,73H,3-4,6,8-10,12,14-15,20-21,26-27,32,35-72,76H2,1-2H3,(H,79,80)/b7-5-,13-11-,18-16-,19-17-,24-22-,25-23-,30-28-,31-29-,34-33-. The van der Waals surface area contributed by atoms with Crippen LogP contribution in [0, 0.1) is 0 Å². The van der Waals surface area contributed by atoms with Gasteiger partial charge < -0.3 is 20.1 Å². The van der Waals surface area contributed by atoms with E-state index < -0.39 is 26.5 Å². The van der Waals surface area contributed by atoms with Crippen molar-refractivity contribution in [3.05, 3.63) is 109 Å². The number of allylic oxidation sites excluding steroid dienone is 18. The second-order valence-electron chi connectivity index (χ2n) is 23.4. The number of ether oxygens (including phenoxy) is 2. The Bertz CT molecular complexity index is 1760. The maximum atomic E-state index is 12.8. The molecule has 0 heterocycles. The van der Waals surface area contributed by atoms with Gasteiger partial charge in [0.15, 0.2) is 6.10 Å². The van der Waals surface area contributed by atoms with Gasteiger partial charge in [0, 0.05) is 19.4 Å². The molecule has 2 unspecified atom stereocenters. The van der Waals surface area contributed by atoms with Crippen molar-refractivity contribution in [2.45, 2.75) is 328 Å². The summed E-state index contributed by atoms with van der Waals surface area (Å²) < 4.78 is 33.2. The fourth-order valence-corrected chi connectivity index (χ4v) is 10.7. The highest BCUT2D eigenvalue weighted by molar-refractivity contribution is 7.47. The summed E-state index contributed by atoms with van der Waals surface area (Å²) in [5, 5.41) is 0. The van der Waals surface area contributed by atoms with Gasteiger partial charge in [-0.1, -0.05) is 316 Å². The molecule has 2 atom stereocenters. The highest BCUT2D eigenvalue weighted by Crippen LogP contribution is 2.43. The van der Waals surface area contributed by atoms with Gasteiger partial charge in [0.25, 0.3) is 0 Å². The predicted octanol–water partition coefficient (Wildman–Crippen LogP) is 23.3. The number of esters is 2. The molecular weight excluding hydrogens is 1070 g/mol. The molecule has 10 heteroatoms. The molecule has 0 bridgehead atoms. The molecule has 0 aliphatic carbocycles. The molecule has 490 valence electrons. The number of phosphoric acid groups is 1. The number of hydrogen-bond acceptors (Lipinski definition) is 8. The van der Waals surface area contributed by atoms with Crippen LogP contribution in [0.4, 0.5) is 0 Å². The molecule has 0 aromatic heterocycles. The molecule has 0 aliphatic heterocycles. The van der Waals surface area contributed by atoms with Gasteiger partial charge in [0.2, 0.25) is 0 Å². The lowest BCUT2D eigenvalue weighted by Gasteiger charge is -2.19. The Kier molecular flexibility index (Phi) is 67.0. The summed E-state index contributed by atoms with van der Waals surface area (Å²) >= 11 is 0. The van der Waals surface area contributed by atoms with Crippen molar-refractivity contribution in [3.8, 4) is 0 Å². The summed E-state index contributed by atoms with van der Waals surface area (Å²) in [6, 6.07) is 0. The topological polar surface area (TPSA) is 134 Å². The third-order valence-corrected chi connectivity index (χ3v) is 16.1. The van der Waals surface area contributed by atoms with E-state index >= 15 is 0 Å². The van der Waals surface area contributed by atoms with Gasteiger partial charge in [-0.05, 0) is 103 Å². The number of carbonyl (C=O) groups excluding carboxylic acids is 2. The SMILES string of the molecule is CC/C=C\C/C=C\C/C=C\C/C=C\C/C=C\C/C=C\CCCCCCCCCCCCCCCCCCCCC(=O)OC(COC(=O)CCCCCCCCCCCCCC/C=C\C/C=C\C/C=C\CCCCCCC)COP(=O)(O)OCCN. The maximum Gasteiger partial charge on any atom is 0.472 e. The molecule has 0 saturated carbocycles. The third kappa shape index (κ3) is 69.6. The quantitative estimate of drug-likeness (QED) is 0.0264. The van der Waals surface area contributed by atoms with E-state index in [1.807, 2.05) is 0 Å². The molecule has 0 fully saturated rings. The molecule has 85 heavy (non-hydrogen) atoms. The van der Waals surface area contributed by atoms with Gasteiger partial charge >= 0.3 is 19.8 Å². The van der Waals surface area contributed by atoms with Crippen molar-refractivity contribution >= 4 is 19.8 Å². The Hall–Kier alpha value is -3.33. The number of rotatable bonds is 66. The Morgan fingerprint density at radius 2 is 0.647 bits per heavy atom. The molecule has 0 aromatic carbocycles. The normalized spacial score (nSPS) is 13.6. The van der Waals surface area contributed by atoms with Gasteiger partial charge in [-0.15, -0.1) is 0 Å². The van der Waals surface area contributed by atoms with Crippen molar-refractivity contribution < 1.29 is 37.6 Å². The van der Waals surface area contributed by atoms with Crippen LogP contribution >= 0.6 is 7.82 Å². The Balaban J connectivity index is 3.87. The van der Waals surface area contributed by atoms with Crippen molar-refractivity contribution in [1.29, 1.82) is 0 Å². The Morgan fingerprint density at radius 3 is 0.965 bits per heavy atom. The zero-order valence-corrected chi connectivity index (χ0v) is 56.0. The van der Waals surface area contributed by atoms with Gasteiger partial charge in [-0.3, -0.25) is 18.6 Å². The van der Waals surface area contributed by atoms with Gasteiger partial charge in [-0.2, -0.15) is 0 Å². The first-order valence-electron chi connectivity index (χ1n) is 35.4. The Labute approximate surface area is 524 Å². The minimum absolute atomic E-state index is 0.0507. The fraction of sp³-hybridized carbons (Fsp3) is 0.733. The summed E-state index contributed by atoms with van der Waals surface area (Å²) in [5.41, 5.74) is 5.40. The van der Waals surface area contributed by atoms with E-state index in [1.165, 1.54) is 199 Å². The molecule has 0 rings (SSSR count). The number of hydrogen-bond donors (Lipinski definition) is 2. The highest BCUT2D eigenvalue weighted by atomic mass is 31.2. The average Bonchev–Trinajstić information content (AvgIpc) is 3.52. The second-order valence-corrected chi connectivity index (χ2v) is 24.8. The Morgan fingerprint density at radius 1 is 0.365 bits per heavy atom. The van der Waals surface area contributed by atoms with Crippen molar-refractivity contribution in [2.24, 2.45) is 5.73 Å². The molecule has 0 radical (unpaired) electrons. The first-order valence-corrected chi connectivity index (χ1v) is 36.9. The summed E-state index contributed by atoms with van der Waals surface area (Å²) in [4.78, 5) is 35.4. The van der Waals surface area contributed by atoms with E-state index in [4.69, 9.17) is 24.3 Å². The minimum Gasteiger partial charge on any atom is -0.462 e. The molecule has 0 amide bonds. The van der Waals surface area contributed by atoms with Crippen LogP contribution in [0.3, 0.4) is 0 Å². The molecule has 0 saturated heterocycles. The third-order valence-electron chi connectivity index (χ3n) is 15.1. The number of carbonyl (C=O) groups is 2. The average molecular weight is 1210 g/mol. The van der Waals surface area contributed by atoms with Crippen LogP contribution < -0.4 is 5.73 Å². The van der Waals surface area contributed by atoms with Crippen LogP contribution in [-0.2, 0) is 32.7 Å². The number of nitrogens with two attached hydrogens (primary N) is 1. The molecule has 0 aliphatic rings. The lowest BCUT2D eigenvalue weighted by Crippen LogP contribution is -2.29. The lowest BCUT2D eigenvalue weighted by molar-refractivity contribution is -0.161. The van der Waals surface area contributed by atoms with Crippen LogP contribution in [0.15, 0.2) is 109 Å². The van der Waals surface area contributed by atoms with Crippen LogP contribution in [0.2, 0.25) is 0 Å². The van der Waals surface area contributed by atoms with E-state index in [2.05, 4.69) is 123 Å². The zero-order chi connectivity index (χ0) is 61.6. The van der Waals surface area contributed by atoms with E-state index in [9.17, 15) is 19.0 Å². The molecule has 3 N–H and O–H groups in total. The first-order chi connectivity index (χ1) is 41.8. The highest BCUT2D eigenvalue weighted by Gasteiger charge is 2.26. The number of phosphoric ester groups is 1. The second kappa shape index (κ2) is 69.8. The maximum absolute atomic E-state index is 12.8. The summed E-state index contributed by atoms with van der Waals surface area (Å²) in [6.07, 6.45) is 96.1.